The maximum atomic E-state index is 14.2. The van der Waals surface area contributed by atoms with Crippen molar-refractivity contribution < 1.29 is 26.7 Å². The molecule has 2 aliphatic rings. The van der Waals surface area contributed by atoms with Gasteiger partial charge in [0.15, 0.2) is 20.7 Å². The highest BCUT2D eigenvalue weighted by atomic mass is 32.2. The summed E-state index contributed by atoms with van der Waals surface area (Å²) in [7, 11) is -2.07. The van der Waals surface area contributed by atoms with Gasteiger partial charge in [-0.1, -0.05) is 0 Å². The van der Waals surface area contributed by atoms with Crippen molar-refractivity contribution in [3.8, 4) is 0 Å². The normalized spacial score (nSPS) is 16.8. The molecule has 6 rings (SSSR count). The molecular formula is C30H33F2N7O4S. The van der Waals surface area contributed by atoms with Crippen molar-refractivity contribution in [1.82, 2.24) is 20.1 Å². The first-order valence-corrected chi connectivity index (χ1v) is 16.1. The van der Waals surface area contributed by atoms with Crippen molar-refractivity contribution >= 4 is 44.0 Å². The quantitative estimate of drug-likeness (QED) is 0.268. The Labute approximate surface area is 253 Å². The van der Waals surface area contributed by atoms with E-state index in [9.17, 15) is 22.0 Å². The smallest absolute Gasteiger partial charge is 0.259 e. The van der Waals surface area contributed by atoms with Crippen LogP contribution in [0.4, 0.5) is 26.0 Å². The number of piperazine rings is 1. The van der Waals surface area contributed by atoms with Crippen LogP contribution in [0.3, 0.4) is 0 Å². The number of rotatable bonds is 8. The van der Waals surface area contributed by atoms with Gasteiger partial charge < -0.3 is 25.2 Å². The highest BCUT2D eigenvalue weighted by molar-refractivity contribution is 7.90. The molecule has 4 heterocycles. The van der Waals surface area contributed by atoms with E-state index in [4.69, 9.17) is 4.74 Å². The number of amides is 1. The number of anilines is 3. The van der Waals surface area contributed by atoms with Crippen LogP contribution in [0.1, 0.15) is 28.8 Å². The molecule has 2 saturated heterocycles. The second kappa shape index (κ2) is 12.5. The van der Waals surface area contributed by atoms with Gasteiger partial charge in [-0.05, 0) is 68.4 Å². The fraction of sp³-hybridized carbons (Fsp3) is 0.367. The molecule has 0 atom stereocenters. The molecule has 11 nitrogen and oxygen atoms in total. The summed E-state index contributed by atoms with van der Waals surface area (Å²) < 4.78 is 59.6. The van der Waals surface area contributed by atoms with E-state index >= 15 is 0 Å². The van der Waals surface area contributed by atoms with Crippen molar-refractivity contribution in [2.75, 3.05) is 62.0 Å². The second-order valence-corrected chi connectivity index (χ2v) is 13.1. The molecule has 0 radical (unpaired) electrons. The molecule has 14 heteroatoms. The Morgan fingerprint density at radius 3 is 2.59 bits per heavy atom. The van der Waals surface area contributed by atoms with E-state index in [0.717, 1.165) is 62.9 Å². The average molecular weight is 626 g/mol. The molecule has 2 fully saturated rings. The van der Waals surface area contributed by atoms with Gasteiger partial charge in [0.1, 0.15) is 17.2 Å². The number of benzene rings is 2. The molecular weight excluding hydrogens is 592 g/mol. The average Bonchev–Trinajstić information content (AvgIpc) is 3.41. The van der Waals surface area contributed by atoms with Crippen LogP contribution >= 0.6 is 0 Å². The minimum atomic E-state index is -4.16. The Balaban J connectivity index is 1.27. The first-order valence-electron chi connectivity index (χ1n) is 14.4. The van der Waals surface area contributed by atoms with E-state index in [2.05, 4.69) is 42.7 Å². The van der Waals surface area contributed by atoms with Crippen molar-refractivity contribution in [1.29, 1.82) is 0 Å². The summed E-state index contributed by atoms with van der Waals surface area (Å²) in [6, 6.07) is 11.2. The summed E-state index contributed by atoms with van der Waals surface area (Å²) in [5.41, 5.74) is 2.29. The number of carbonyl (C=O) groups is 1. The van der Waals surface area contributed by atoms with Crippen LogP contribution in [0.5, 0.6) is 0 Å². The van der Waals surface area contributed by atoms with E-state index in [1.807, 2.05) is 12.1 Å². The van der Waals surface area contributed by atoms with Crippen LogP contribution in [0.25, 0.3) is 11.0 Å². The number of fused-ring (bicyclic) bond motifs is 1. The van der Waals surface area contributed by atoms with Gasteiger partial charge in [-0.25, -0.2) is 22.2 Å². The van der Waals surface area contributed by atoms with E-state index in [0.29, 0.717) is 30.0 Å². The lowest BCUT2D eigenvalue weighted by molar-refractivity contribution is 0.0904. The number of aromatic amines is 1. The number of sulfone groups is 1. The lowest BCUT2D eigenvalue weighted by Crippen LogP contribution is -2.44. The number of aromatic nitrogens is 3. The molecule has 4 aromatic rings. The first-order chi connectivity index (χ1) is 21.2. The van der Waals surface area contributed by atoms with Gasteiger partial charge in [0.05, 0.1) is 16.8 Å². The Morgan fingerprint density at radius 1 is 1.05 bits per heavy atom. The SMILES string of the molecule is CN1CCN(c2ccc(C(=O)Nc3n[nH]c4ccc(S(=O)(=O)Cc5cc(F)ccc5F)nc34)c(NC3CCOCC3)c2)CC1. The predicted molar refractivity (Wildman–Crippen MR) is 163 cm³/mol. The second-order valence-electron chi connectivity index (χ2n) is 11.1. The molecule has 2 aromatic carbocycles. The summed E-state index contributed by atoms with van der Waals surface area (Å²) in [5, 5.41) is 12.9. The number of carbonyl (C=O) groups excluding carboxylic acids is 1. The molecule has 232 valence electrons. The number of ether oxygens (including phenoxy) is 1. The largest absolute Gasteiger partial charge is 0.381 e. The van der Waals surface area contributed by atoms with Gasteiger partial charge in [-0.2, -0.15) is 5.10 Å². The molecule has 2 aliphatic heterocycles. The summed E-state index contributed by atoms with van der Waals surface area (Å²) in [6.07, 6.45) is 1.62. The Kier molecular flexibility index (Phi) is 8.47. The number of hydrogen-bond donors (Lipinski definition) is 3. The van der Waals surface area contributed by atoms with Crippen molar-refractivity contribution in [3.05, 3.63) is 71.3 Å². The van der Waals surface area contributed by atoms with Crippen molar-refractivity contribution in [2.45, 2.75) is 29.7 Å². The number of pyridine rings is 1. The number of nitrogens with one attached hydrogen (secondary N) is 3. The lowest BCUT2D eigenvalue weighted by Gasteiger charge is -2.34. The van der Waals surface area contributed by atoms with E-state index < -0.39 is 33.1 Å². The molecule has 0 aliphatic carbocycles. The first kappa shape index (κ1) is 29.9. The highest BCUT2D eigenvalue weighted by Crippen LogP contribution is 2.29. The maximum absolute atomic E-state index is 14.2. The molecule has 2 aromatic heterocycles. The van der Waals surface area contributed by atoms with Gasteiger partial charge in [0, 0.05) is 62.4 Å². The van der Waals surface area contributed by atoms with E-state index in [-0.39, 0.29) is 28.0 Å². The standard InChI is InChI=1S/C30H33F2N7O4S/c1-38-10-12-39(13-11-38)22-3-4-23(26(17-22)33-21-8-14-43-15-9-21)30(40)35-29-28-25(36-37-29)6-7-27(34-28)44(41,42)18-19-16-20(31)2-5-24(19)32/h2-7,16-17,21,33H,8-15,18H2,1H3,(H2,35,36,37,40). The van der Waals surface area contributed by atoms with E-state index in [1.165, 1.54) is 12.1 Å². The Hall–Kier alpha value is -4.14. The molecule has 0 unspecified atom stereocenters. The highest BCUT2D eigenvalue weighted by Gasteiger charge is 2.24. The molecule has 0 spiro atoms. The van der Waals surface area contributed by atoms with Crippen molar-refractivity contribution in [3.63, 3.8) is 0 Å². The number of likely N-dealkylation sites (N-methyl/N-ethyl adjacent to an activating group) is 1. The zero-order valence-corrected chi connectivity index (χ0v) is 25.0. The third-order valence-corrected chi connectivity index (χ3v) is 9.54. The Morgan fingerprint density at radius 2 is 1.82 bits per heavy atom. The topological polar surface area (TPSA) is 133 Å². The number of H-pyrrole nitrogens is 1. The van der Waals surface area contributed by atoms with Gasteiger partial charge in [0.25, 0.3) is 5.91 Å². The summed E-state index contributed by atoms with van der Waals surface area (Å²) in [6.45, 7) is 4.92. The van der Waals surface area contributed by atoms with Gasteiger partial charge in [0.2, 0.25) is 0 Å². The minimum absolute atomic E-state index is 0.0409. The fourth-order valence-corrected chi connectivity index (χ4v) is 6.71. The van der Waals surface area contributed by atoms with Crippen LogP contribution in [0, 0.1) is 11.6 Å². The number of halogens is 2. The van der Waals surface area contributed by atoms with Crippen LogP contribution in [0.15, 0.2) is 53.6 Å². The summed E-state index contributed by atoms with van der Waals surface area (Å²) in [5.74, 6) is -2.78. The summed E-state index contributed by atoms with van der Waals surface area (Å²) in [4.78, 5) is 22.5. The van der Waals surface area contributed by atoms with Crippen LogP contribution in [-0.2, 0) is 20.3 Å². The molecule has 3 N–H and O–H groups in total. The third-order valence-electron chi connectivity index (χ3n) is 7.98. The zero-order valence-electron chi connectivity index (χ0n) is 24.1. The van der Waals surface area contributed by atoms with Crippen LogP contribution < -0.4 is 15.5 Å². The minimum Gasteiger partial charge on any atom is -0.381 e. The monoisotopic (exact) mass is 625 g/mol. The fourth-order valence-electron chi connectivity index (χ4n) is 5.42. The third kappa shape index (κ3) is 6.51. The molecule has 1 amide bonds. The molecule has 44 heavy (non-hydrogen) atoms. The maximum Gasteiger partial charge on any atom is 0.259 e. The predicted octanol–water partition coefficient (Wildman–Crippen LogP) is 3.81. The van der Waals surface area contributed by atoms with Crippen LogP contribution in [0.2, 0.25) is 0 Å². The lowest BCUT2D eigenvalue weighted by atomic mass is 10.1. The Bertz CT molecular complexity index is 1790. The number of nitrogens with zero attached hydrogens (tertiary/aromatic N) is 4. The molecule has 0 saturated carbocycles. The van der Waals surface area contributed by atoms with Crippen LogP contribution in [-0.4, -0.2) is 86.9 Å². The molecule has 0 bridgehead atoms. The van der Waals surface area contributed by atoms with E-state index in [1.54, 1.807) is 6.07 Å². The van der Waals surface area contributed by atoms with Gasteiger partial charge in [-0.15, -0.1) is 0 Å². The van der Waals surface area contributed by atoms with Gasteiger partial charge >= 0.3 is 0 Å². The van der Waals surface area contributed by atoms with Gasteiger partial charge in [-0.3, -0.25) is 9.89 Å². The zero-order chi connectivity index (χ0) is 30.8. The van der Waals surface area contributed by atoms with Crippen molar-refractivity contribution in [2.24, 2.45) is 0 Å². The number of hydrogen-bond acceptors (Lipinski definition) is 9. The summed E-state index contributed by atoms with van der Waals surface area (Å²) >= 11 is 0.